The van der Waals surface area contributed by atoms with E-state index in [9.17, 15) is 4.79 Å². The predicted octanol–water partition coefficient (Wildman–Crippen LogP) is 1.68. The van der Waals surface area contributed by atoms with Gasteiger partial charge in [-0.05, 0) is 45.0 Å². The van der Waals surface area contributed by atoms with Gasteiger partial charge in [0.2, 0.25) is 0 Å². The molecule has 5 heteroatoms. The normalized spacial score (nSPS) is 17.6. The van der Waals surface area contributed by atoms with Crippen LogP contribution in [0.4, 0.5) is 5.82 Å². The molecule has 0 amide bonds. The standard InChI is InChI=1S/C13H19N3O2/c1-10(16-7-2-3-8-16)9-14-12-6-4-5-11(15-12)13(17)18/h4-6,10H,2-3,7-9H2,1H3,(H,14,15)(H,17,18). The van der Waals surface area contributed by atoms with Crippen molar-refractivity contribution in [3.8, 4) is 0 Å². The number of likely N-dealkylation sites (tertiary alicyclic amines) is 1. The van der Waals surface area contributed by atoms with Gasteiger partial charge < -0.3 is 10.4 Å². The zero-order chi connectivity index (χ0) is 13.0. The summed E-state index contributed by atoms with van der Waals surface area (Å²) in [6.07, 6.45) is 2.55. The molecule has 98 valence electrons. The van der Waals surface area contributed by atoms with E-state index in [1.807, 2.05) is 0 Å². The summed E-state index contributed by atoms with van der Waals surface area (Å²) in [4.78, 5) is 17.3. The summed E-state index contributed by atoms with van der Waals surface area (Å²) in [5.41, 5.74) is 0.0776. The molecule has 0 saturated carbocycles. The molecule has 1 aromatic heterocycles. The number of rotatable bonds is 5. The zero-order valence-corrected chi connectivity index (χ0v) is 10.6. The second-order valence-electron chi connectivity index (χ2n) is 4.69. The highest BCUT2D eigenvalue weighted by atomic mass is 16.4. The Morgan fingerprint density at radius 3 is 2.89 bits per heavy atom. The monoisotopic (exact) mass is 249 g/mol. The Hall–Kier alpha value is -1.62. The molecule has 2 heterocycles. The third-order valence-corrected chi connectivity index (χ3v) is 3.31. The van der Waals surface area contributed by atoms with Crippen molar-refractivity contribution in [1.82, 2.24) is 9.88 Å². The molecule has 1 aromatic rings. The van der Waals surface area contributed by atoms with E-state index >= 15 is 0 Å². The highest BCUT2D eigenvalue weighted by molar-refractivity contribution is 5.85. The molecular formula is C13H19N3O2. The number of hydrogen-bond donors (Lipinski definition) is 2. The van der Waals surface area contributed by atoms with Crippen LogP contribution in [0.5, 0.6) is 0 Å². The molecule has 1 aliphatic heterocycles. The summed E-state index contributed by atoms with van der Waals surface area (Å²) < 4.78 is 0. The summed E-state index contributed by atoms with van der Waals surface area (Å²) >= 11 is 0. The van der Waals surface area contributed by atoms with Gasteiger partial charge in [0, 0.05) is 12.6 Å². The average molecular weight is 249 g/mol. The van der Waals surface area contributed by atoms with Gasteiger partial charge in [0.1, 0.15) is 5.82 Å². The summed E-state index contributed by atoms with van der Waals surface area (Å²) in [6.45, 7) is 5.28. The van der Waals surface area contributed by atoms with Gasteiger partial charge >= 0.3 is 5.97 Å². The van der Waals surface area contributed by atoms with Crippen LogP contribution in [-0.2, 0) is 0 Å². The number of nitrogens with zero attached hydrogens (tertiary/aromatic N) is 2. The topological polar surface area (TPSA) is 65.5 Å². The van der Waals surface area contributed by atoms with Gasteiger partial charge in [0.05, 0.1) is 0 Å². The largest absolute Gasteiger partial charge is 0.477 e. The third kappa shape index (κ3) is 3.20. The second-order valence-corrected chi connectivity index (χ2v) is 4.69. The van der Waals surface area contributed by atoms with E-state index in [1.165, 1.54) is 18.9 Å². The van der Waals surface area contributed by atoms with Crippen molar-refractivity contribution in [1.29, 1.82) is 0 Å². The summed E-state index contributed by atoms with van der Waals surface area (Å²) in [6, 6.07) is 5.45. The Balaban J connectivity index is 1.89. The van der Waals surface area contributed by atoms with Gasteiger partial charge in [0.15, 0.2) is 5.69 Å². The van der Waals surface area contributed by atoms with Crippen LogP contribution in [0.25, 0.3) is 0 Å². The molecule has 0 spiro atoms. The number of anilines is 1. The molecule has 1 saturated heterocycles. The predicted molar refractivity (Wildman–Crippen MR) is 70.0 cm³/mol. The van der Waals surface area contributed by atoms with Crippen LogP contribution in [0.2, 0.25) is 0 Å². The maximum absolute atomic E-state index is 10.8. The van der Waals surface area contributed by atoms with Crippen LogP contribution in [-0.4, -0.2) is 46.6 Å². The van der Waals surface area contributed by atoms with Gasteiger partial charge in [0.25, 0.3) is 0 Å². The molecule has 0 aliphatic carbocycles. The molecule has 1 atom stereocenters. The van der Waals surface area contributed by atoms with Crippen LogP contribution < -0.4 is 5.32 Å². The molecule has 0 bridgehead atoms. The first-order valence-electron chi connectivity index (χ1n) is 6.35. The lowest BCUT2D eigenvalue weighted by atomic mass is 10.3. The molecule has 18 heavy (non-hydrogen) atoms. The van der Waals surface area contributed by atoms with Crippen molar-refractivity contribution in [3.05, 3.63) is 23.9 Å². The number of carbonyl (C=O) groups is 1. The maximum atomic E-state index is 10.8. The Kier molecular flexibility index (Phi) is 4.15. The molecule has 5 nitrogen and oxygen atoms in total. The van der Waals surface area contributed by atoms with Crippen molar-refractivity contribution in [3.63, 3.8) is 0 Å². The fourth-order valence-electron chi connectivity index (χ4n) is 2.22. The van der Waals surface area contributed by atoms with Crippen LogP contribution >= 0.6 is 0 Å². The van der Waals surface area contributed by atoms with E-state index in [2.05, 4.69) is 22.1 Å². The molecule has 0 radical (unpaired) electrons. The molecule has 0 aromatic carbocycles. The van der Waals surface area contributed by atoms with Gasteiger partial charge in [-0.15, -0.1) is 0 Å². The van der Waals surface area contributed by atoms with E-state index < -0.39 is 5.97 Å². The molecule has 2 rings (SSSR count). The minimum absolute atomic E-state index is 0.0776. The van der Waals surface area contributed by atoms with Crippen molar-refractivity contribution >= 4 is 11.8 Å². The summed E-state index contributed by atoms with van der Waals surface area (Å²) in [5.74, 6) is -0.368. The molecule has 1 fully saturated rings. The van der Waals surface area contributed by atoms with Gasteiger partial charge in [-0.1, -0.05) is 6.07 Å². The summed E-state index contributed by atoms with van der Waals surface area (Å²) in [7, 11) is 0. The highest BCUT2D eigenvalue weighted by Gasteiger charge is 2.17. The van der Waals surface area contributed by atoms with Crippen LogP contribution in [0.1, 0.15) is 30.3 Å². The SMILES string of the molecule is CC(CNc1cccc(C(=O)O)n1)N1CCCC1. The number of nitrogens with one attached hydrogen (secondary N) is 1. The number of pyridine rings is 1. The maximum Gasteiger partial charge on any atom is 0.354 e. The van der Waals surface area contributed by atoms with Crippen molar-refractivity contribution < 1.29 is 9.90 Å². The minimum Gasteiger partial charge on any atom is -0.477 e. The first kappa shape index (κ1) is 12.8. The number of aromatic nitrogens is 1. The van der Waals surface area contributed by atoms with Crippen LogP contribution in [0, 0.1) is 0 Å². The van der Waals surface area contributed by atoms with E-state index in [0.717, 1.165) is 19.6 Å². The van der Waals surface area contributed by atoms with E-state index in [1.54, 1.807) is 12.1 Å². The third-order valence-electron chi connectivity index (χ3n) is 3.31. The quantitative estimate of drug-likeness (QED) is 0.831. The number of hydrogen-bond acceptors (Lipinski definition) is 4. The zero-order valence-electron chi connectivity index (χ0n) is 10.6. The Bertz CT molecular complexity index is 416. The number of carboxylic acid groups (broad SMARTS) is 1. The van der Waals surface area contributed by atoms with E-state index in [-0.39, 0.29) is 5.69 Å². The van der Waals surface area contributed by atoms with Gasteiger partial charge in [-0.25, -0.2) is 9.78 Å². The van der Waals surface area contributed by atoms with Crippen LogP contribution in [0.15, 0.2) is 18.2 Å². The first-order chi connectivity index (χ1) is 8.66. The molecule has 1 aliphatic rings. The molecular weight excluding hydrogens is 230 g/mol. The van der Waals surface area contributed by atoms with Crippen molar-refractivity contribution in [2.75, 3.05) is 25.0 Å². The lowest BCUT2D eigenvalue weighted by Crippen LogP contribution is -2.35. The van der Waals surface area contributed by atoms with Crippen LogP contribution in [0.3, 0.4) is 0 Å². The number of carboxylic acids is 1. The second kappa shape index (κ2) is 5.82. The molecule has 1 unspecified atom stereocenters. The lowest BCUT2D eigenvalue weighted by Gasteiger charge is -2.24. The Morgan fingerprint density at radius 2 is 2.22 bits per heavy atom. The molecule has 2 N–H and O–H groups in total. The van der Waals surface area contributed by atoms with E-state index in [0.29, 0.717) is 11.9 Å². The van der Waals surface area contributed by atoms with E-state index in [4.69, 9.17) is 5.11 Å². The lowest BCUT2D eigenvalue weighted by molar-refractivity contribution is 0.0690. The Morgan fingerprint density at radius 1 is 1.50 bits per heavy atom. The summed E-state index contributed by atoms with van der Waals surface area (Å²) in [5, 5.41) is 12.1. The fraction of sp³-hybridized carbons (Fsp3) is 0.538. The van der Waals surface area contributed by atoms with Crippen molar-refractivity contribution in [2.45, 2.75) is 25.8 Å². The average Bonchev–Trinajstić information content (AvgIpc) is 2.90. The highest BCUT2D eigenvalue weighted by Crippen LogP contribution is 2.12. The van der Waals surface area contributed by atoms with Gasteiger partial charge in [-0.3, -0.25) is 4.90 Å². The smallest absolute Gasteiger partial charge is 0.354 e. The Labute approximate surface area is 107 Å². The minimum atomic E-state index is -0.994. The van der Waals surface area contributed by atoms with Gasteiger partial charge in [-0.2, -0.15) is 0 Å². The number of aromatic carboxylic acids is 1. The first-order valence-corrected chi connectivity index (χ1v) is 6.35. The fourth-order valence-corrected chi connectivity index (χ4v) is 2.22. The van der Waals surface area contributed by atoms with Crippen molar-refractivity contribution in [2.24, 2.45) is 0 Å².